The Morgan fingerprint density at radius 2 is 1.83 bits per heavy atom. The molecule has 1 aromatic carbocycles. The van der Waals surface area contributed by atoms with Crippen LogP contribution in [0.5, 0.6) is 11.5 Å². The number of nitrogens with zero attached hydrogens (tertiary/aromatic N) is 1. The standard InChI is InChI=1S/C17H24N2O4/c1-5-11(2)18-16(20)17(21)19-7-6-12-8-14(22-3)15(23-4)9-13(12)10-19/h8-9,11H,5-7,10H2,1-4H3,(H,18,20). The number of nitrogens with one attached hydrogen (secondary N) is 1. The molecule has 0 spiro atoms. The maximum absolute atomic E-state index is 12.3. The number of hydrogen-bond acceptors (Lipinski definition) is 4. The first-order valence-electron chi connectivity index (χ1n) is 7.83. The van der Waals surface area contributed by atoms with Gasteiger partial charge in [-0.15, -0.1) is 0 Å². The zero-order valence-corrected chi connectivity index (χ0v) is 14.1. The van der Waals surface area contributed by atoms with E-state index in [2.05, 4.69) is 5.32 Å². The topological polar surface area (TPSA) is 67.9 Å². The van der Waals surface area contributed by atoms with E-state index in [1.54, 1.807) is 19.1 Å². The average Bonchev–Trinajstić information content (AvgIpc) is 2.58. The monoisotopic (exact) mass is 320 g/mol. The molecule has 23 heavy (non-hydrogen) atoms. The highest BCUT2D eigenvalue weighted by Crippen LogP contribution is 2.33. The molecule has 1 atom stereocenters. The lowest BCUT2D eigenvalue weighted by Crippen LogP contribution is -2.47. The van der Waals surface area contributed by atoms with E-state index in [-0.39, 0.29) is 6.04 Å². The maximum Gasteiger partial charge on any atom is 0.312 e. The van der Waals surface area contributed by atoms with Gasteiger partial charge in [0.15, 0.2) is 11.5 Å². The van der Waals surface area contributed by atoms with Crippen molar-refractivity contribution in [2.24, 2.45) is 0 Å². The van der Waals surface area contributed by atoms with E-state index in [9.17, 15) is 9.59 Å². The summed E-state index contributed by atoms with van der Waals surface area (Å²) < 4.78 is 10.6. The van der Waals surface area contributed by atoms with E-state index in [4.69, 9.17) is 9.47 Å². The van der Waals surface area contributed by atoms with Gasteiger partial charge in [0.1, 0.15) is 0 Å². The van der Waals surface area contributed by atoms with Crippen LogP contribution < -0.4 is 14.8 Å². The summed E-state index contributed by atoms with van der Waals surface area (Å²) in [6.45, 7) is 4.78. The van der Waals surface area contributed by atoms with Crippen LogP contribution in [0, 0.1) is 0 Å². The Morgan fingerprint density at radius 1 is 1.22 bits per heavy atom. The molecule has 0 saturated heterocycles. The van der Waals surface area contributed by atoms with E-state index >= 15 is 0 Å². The van der Waals surface area contributed by atoms with Gasteiger partial charge in [-0.3, -0.25) is 9.59 Å². The molecule has 1 aliphatic heterocycles. The van der Waals surface area contributed by atoms with Crippen molar-refractivity contribution in [1.82, 2.24) is 10.2 Å². The number of ether oxygens (including phenoxy) is 2. The Kier molecular flexibility index (Phi) is 5.47. The van der Waals surface area contributed by atoms with Gasteiger partial charge in [0.2, 0.25) is 0 Å². The van der Waals surface area contributed by atoms with Crippen molar-refractivity contribution in [2.75, 3.05) is 20.8 Å². The minimum absolute atomic E-state index is 0.00659. The first-order valence-corrected chi connectivity index (χ1v) is 7.83. The molecule has 6 nitrogen and oxygen atoms in total. The first kappa shape index (κ1) is 17.1. The van der Waals surface area contributed by atoms with Gasteiger partial charge < -0.3 is 19.7 Å². The summed E-state index contributed by atoms with van der Waals surface area (Å²) in [6, 6.07) is 3.81. The predicted octanol–water partition coefficient (Wildman–Crippen LogP) is 1.50. The van der Waals surface area contributed by atoms with Crippen LogP contribution in [0.4, 0.5) is 0 Å². The van der Waals surface area contributed by atoms with Crippen molar-refractivity contribution in [1.29, 1.82) is 0 Å². The van der Waals surface area contributed by atoms with Gasteiger partial charge >= 0.3 is 11.8 Å². The molecule has 126 valence electrons. The van der Waals surface area contributed by atoms with Gasteiger partial charge in [-0.2, -0.15) is 0 Å². The predicted molar refractivity (Wildman–Crippen MR) is 86.6 cm³/mol. The molecule has 1 heterocycles. The summed E-state index contributed by atoms with van der Waals surface area (Å²) in [5.41, 5.74) is 2.10. The second-order valence-corrected chi connectivity index (χ2v) is 5.74. The van der Waals surface area contributed by atoms with Gasteiger partial charge in [0.25, 0.3) is 0 Å². The molecule has 6 heteroatoms. The largest absolute Gasteiger partial charge is 0.493 e. The van der Waals surface area contributed by atoms with Crippen molar-refractivity contribution < 1.29 is 19.1 Å². The van der Waals surface area contributed by atoms with Crippen LogP contribution in [-0.4, -0.2) is 43.5 Å². The summed E-state index contributed by atoms with van der Waals surface area (Å²) in [5, 5.41) is 2.72. The number of rotatable bonds is 4. The smallest absolute Gasteiger partial charge is 0.312 e. The van der Waals surface area contributed by atoms with E-state index in [1.807, 2.05) is 26.0 Å². The lowest BCUT2D eigenvalue weighted by molar-refractivity contribution is -0.146. The van der Waals surface area contributed by atoms with Gasteiger partial charge in [-0.05, 0) is 43.0 Å². The maximum atomic E-state index is 12.3. The number of carbonyl (C=O) groups is 2. The molecule has 1 unspecified atom stereocenters. The summed E-state index contributed by atoms with van der Waals surface area (Å²) in [5.74, 6) is 0.291. The van der Waals surface area contributed by atoms with Crippen molar-refractivity contribution in [3.63, 3.8) is 0 Å². The fraction of sp³-hybridized carbons (Fsp3) is 0.529. The molecule has 0 radical (unpaired) electrons. The lowest BCUT2D eigenvalue weighted by atomic mass is 9.98. The molecule has 0 fully saturated rings. The van der Waals surface area contributed by atoms with Crippen molar-refractivity contribution in [2.45, 2.75) is 39.3 Å². The molecule has 2 rings (SSSR count). The third kappa shape index (κ3) is 3.75. The Morgan fingerprint density at radius 3 is 2.39 bits per heavy atom. The summed E-state index contributed by atoms with van der Waals surface area (Å²) >= 11 is 0. The van der Waals surface area contributed by atoms with Crippen molar-refractivity contribution >= 4 is 11.8 Å². The second-order valence-electron chi connectivity index (χ2n) is 5.74. The van der Waals surface area contributed by atoms with Crippen LogP contribution in [0.3, 0.4) is 0 Å². The van der Waals surface area contributed by atoms with Crippen molar-refractivity contribution in [3.8, 4) is 11.5 Å². The van der Waals surface area contributed by atoms with E-state index < -0.39 is 11.8 Å². The molecular weight excluding hydrogens is 296 g/mol. The second kappa shape index (κ2) is 7.35. The Labute approximate surface area is 136 Å². The highest BCUT2D eigenvalue weighted by molar-refractivity contribution is 6.35. The highest BCUT2D eigenvalue weighted by Gasteiger charge is 2.27. The first-order chi connectivity index (χ1) is 11.0. The molecule has 0 saturated carbocycles. The molecule has 1 aromatic rings. The van der Waals surface area contributed by atoms with Gasteiger partial charge in [0.05, 0.1) is 14.2 Å². The third-order valence-electron chi connectivity index (χ3n) is 4.19. The van der Waals surface area contributed by atoms with Crippen LogP contribution in [-0.2, 0) is 22.6 Å². The fourth-order valence-electron chi connectivity index (χ4n) is 2.59. The summed E-state index contributed by atoms with van der Waals surface area (Å²) in [6.07, 6.45) is 1.48. The Hall–Kier alpha value is -2.24. The minimum Gasteiger partial charge on any atom is -0.493 e. The summed E-state index contributed by atoms with van der Waals surface area (Å²) in [4.78, 5) is 25.9. The molecule has 0 aromatic heterocycles. The van der Waals surface area contributed by atoms with Gasteiger partial charge in [-0.1, -0.05) is 6.92 Å². The number of amides is 2. The average molecular weight is 320 g/mol. The number of benzene rings is 1. The number of methoxy groups -OCH3 is 2. The fourth-order valence-corrected chi connectivity index (χ4v) is 2.59. The molecule has 0 aliphatic carbocycles. The Balaban J connectivity index is 2.13. The van der Waals surface area contributed by atoms with E-state index in [0.717, 1.165) is 17.5 Å². The quantitative estimate of drug-likeness (QED) is 0.854. The van der Waals surface area contributed by atoms with Crippen LogP contribution in [0.2, 0.25) is 0 Å². The zero-order valence-electron chi connectivity index (χ0n) is 14.1. The van der Waals surface area contributed by atoms with Crippen LogP contribution in [0.15, 0.2) is 12.1 Å². The van der Waals surface area contributed by atoms with Crippen LogP contribution in [0.25, 0.3) is 0 Å². The van der Waals surface area contributed by atoms with Crippen LogP contribution >= 0.6 is 0 Å². The summed E-state index contributed by atoms with van der Waals surface area (Å²) in [7, 11) is 3.18. The normalized spacial score (nSPS) is 14.7. The third-order valence-corrected chi connectivity index (χ3v) is 4.19. The molecule has 1 N–H and O–H groups in total. The molecular formula is C17H24N2O4. The van der Waals surface area contributed by atoms with E-state index in [0.29, 0.717) is 31.0 Å². The Bertz CT molecular complexity index is 601. The minimum atomic E-state index is -0.539. The highest BCUT2D eigenvalue weighted by atomic mass is 16.5. The molecule has 0 bridgehead atoms. The number of hydrogen-bond donors (Lipinski definition) is 1. The van der Waals surface area contributed by atoms with Gasteiger partial charge in [-0.25, -0.2) is 0 Å². The number of carbonyl (C=O) groups excluding carboxylic acids is 2. The van der Waals surface area contributed by atoms with Crippen molar-refractivity contribution in [3.05, 3.63) is 23.3 Å². The van der Waals surface area contributed by atoms with E-state index in [1.165, 1.54) is 0 Å². The SMILES string of the molecule is CCC(C)NC(=O)C(=O)N1CCc2cc(OC)c(OC)cc2C1. The van der Waals surface area contributed by atoms with Gasteiger partial charge in [0, 0.05) is 19.1 Å². The van der Waals surface area contributed by atoms with Crippen LogP contribution in [0.1, 0.15) is 31.4 Å². The lowest BCUT2D eigenvalue weighted by Gasteiger charge is -2.29. The zero-order chi connectivity index (χ0) is 17.0. The molecule has 2 amide bonds. The molecule has 1 aliphatic rings. The number of fused-ring (bicyclic) bond motifs is 1.